The molecule has 0 unspecified atom stereocenters. The standard InChI is InChI=1S/C31H31Cl3N4O7/c1-4-43-25-12-19(28-27(30(40)42-3)17(2)36-31(41)37-28)8-9-24(25)44-16-26(39)38-35-14-20-11-22(33)13-23(34)29(20)45-15-18-6-5-7-21(32)10-18/h5-14,26,28,38-39H,4,15-16H2,1-3H3,(H2,36,37,41)/b35-14+/t26-,28-/m0/s1. The summed E-state index contributed by atoms with van der Waals surface area (Å²) < 4.78 is 22.4. The van der Waals surface area contributed by atoms with Crippen molar-refractivity contribution >= 4 is 53.0 Å². The van der Waals surface area contributed by atoms with Crippen LogP contribution in [0.2, 0.25) is 15.1 Å². The van der Waals surface area contributed by atoms with Crippen molar-refractivity contribution in [3.8, 4) is 17.2 Å². The van der Waals surface area contributed by atoms with Crippen LogP contribution in [0.3, 0.4) is 0 Å². The minimum absolute atomic E-state index is 0.206. The van der Waals surface area contributed by atoms with Gasteiger partial charge in [-0.2, -0.15) is 5.10 Å². The molecule has 2 amide bonds. The number of hydrogen-bond acceptors (Lipinski definition) is 9. The van der Waals surface area contributed by atoms with Gasteiger partial charge in [-0.15, -0.1) is 0 Å². The average molecular weight is 678 g/mol. The maximum Gasteiger partial charge on any atom is 0.337 e. The van der Waals surface area contributed by atoms with Gasteiger partial charge in [0, 0.05) is 21.3 Å². The van der Waals surface area contributed by atoms with Crippen molar-refractivity contribution in [2.75, 3.05) is 20.3 Å². The molecule has 1 heterocycles. The molecule has 238 valence electrons. The number of hydrogen-bond donors (Lipinski definition) is 4. The second-order valence-electron chi connectivity index (χ2n) is 9.64. The monoisotopic (exact) mass is 676 g/mol. The van der Waals surface area contributed by atoms with Crippen molar-refractivity contribution in [1.82, 2.24) is 16.1 Å². The van der Waals surface area contributed by atoms with Crippen LogP contribution < -0.4 is 30.3 Å². The third-order valence-electron chi connectivity index (χ3n) is 6.41. The van der Waals surface area contributed by atoms with Crippen molar-refractivity contribution < 1.29 is 33.6 Å². The van der Waals surface area contributed by atoms with Crippen molar-refractivity contribution in [1.29, 1.82) is 0 Å². The largest absolute Gasteiger partial charge is 0.490 e. The van der Waals surface area contributed by atoms with Gasteiger partial charge >= 0.3 is 12.0 Å². The van der Waals surface area contributed by atoms with Crippen LogP contribution in [0.15, 0.2) is 71.0 Å². The Morgan fingerprint density at radius 1 is 1.07 bits per heavy atom. The van der Waals surface area contributed by atoms with Gasteiger partial charge in [0.25, 0.3) is 0 Å². The van der Waals surface area contributed by atoms with E-state index in [2.05, 4.69) is 21.2 Å². The molecule has 0 fully saturated rings. The topological polar surface area (TPSA) is 140 Å². The zero-order valence-electron chi connectivity index (χ0n) is 24.5. The molecular weight excluding hydrogens is 647 g/mol. The number of halogens is 3. The molecule has 0 radical (unpaired) electrons. The van der Waals surface area contributed by atoms with Gasteiger partial charge in [-0.05, 0) is 61.4 Å². The van der Waals surface area contributed by atoms with E-state index >= 15 is 0 Å². The summed E-state index contributed by atoms with van der Waals surface area (Å²) in [6, 6.07) is 14.1. The molecule has 1 aliphatic heterocycles. The first-order valence-corrected chi connectivity index (χ1v) is 14.8. The summed E-state index contributed by atoms with van der Waals surface area (Å²) in [4.78, 5) is 24.6. The van der Waals surface area contributed by atoms with E-state index in [1.165, 1.54) is 13.3 Å². The fraction of sp³-hybridized carbons (Fsp3) is 0.258. The third kappa shape index (κ3) is 8.95. The van der Waals surface area contributed by atoms with Crippen LogP contribution in [-0.4, -0.2) is 49.9 Å². The SMILES string of the molecule is CCOc1cc([C@@H]2NC(=O)NC(C)=C2C(=O)OC)ccc1OC[C@H](O)N/N=C/c1cc(Cl)cc(Cl)c1OCc1cccc(Cl)c1. The van der Waals surface area contributed by atoms with E-state index in [-0.39, 0.29) is 23.8 Å². The minimum atomic E-state index is -1.22. The average Bonchev–Trinajstić information content (AvgIpc) is 2.99. The van der Waals surface area contributed by atoms with E-state index in [4.69, 9.17) is 53.8 Å². The minimum Gasteiger partial charge on any atom is -0.490 e. The number of rotatable bonds is 13. The number of benzene rings is 3. The van der Waals surface area contributed by atoms with Gasteiger partial charge in [-0.1, -0.05) is 53.0 Å². The molecule has 3 aromatic carbocycles. The van der Waals surface area contributed by atoms with E-state index in [0.29, 0.717) is 50.7 Å². The van der Waals surface area contributed by atoms with Gasteiger partial charge in [-0.25, -0.2) is 9.59 Å². The maximum absolute atomic E-state index is 12.5. The molecule has 4 rings (SSSR count). The molecule has 4 N–H and O–H groups in total. The van der Waals surface area contributed by atoms with Crippen LogP contribution in [0.1, 0.15) is 36.6 Å². The third-order valence-corrected chi connectivity index (χ3v) is 7.14. The molecule has 3 aromatic rings. The molecule has 0 aliphatic carbocycles. The van der Waals surface area contributed by atoms with E-state index in [9.17, 15) is 14.7 Å². The Kier molecular flexibility index (Phi) is 11.8. The number of carbonyl (C=O) groups excluding carboxylic acids is 2. The van der Waals surface area contributed by atoms with Crippen molar-refractivity contribution in [2.45, 2.75) is 32.7 Å². The molecule has 1 aliphatic rings. The zero-order chi connectivity index (χ0) is 32.5. The normalized spacial score (nSPS) is 15.3. The first kappa shape index (κ1) is 33.7. The highest BCUT2D eigenvalue weighted by atomic mass is 35.5. The number of methoxy groups -OCH3 is 1. The smallest absolute Gasteiger partial charge is 0.337 e. The Balaban J connectivity index is 1.43. The number of urea groups is 1. The first-order chi connectivity index (χ1) is 21.6. The highest BCUT2D eigenvalue weighted by Crippen LogP contribution is 2.35. The van der Waals surface area contributed by atoms with Crippen LogP contribution in [0.4, 0.5) is 4.79 Å². The summed E-state index contributed by atoms with van der Waals surface area (Å²) in [7, 11) is 1.27. The van der Waals surface area contributed by atoms with Gasteiger partial charge in [0.15, 0.2) is 17.7 Å². The highest BCUT2D eigenvalue weighted by Gasteiger charge is 2.32. The summed E-state index contributed by atoms with van der Waals surface area (Å²) in [5, 5.41) is 21.2. The second-order valence-corrected chi connectivity index (χ2v) is 10.9. The van der Waals surface area contributed by atoms with Crippen LogP contribution in [0.5, 0.6) is 17.2 Å². The second kappa shape index (κ2) is 15.7. The molecule has 45 heavy (non-hydrogen) atoms. The van der Waals surface area contributed by atoms with Gasteiger partial charge < -0.3 is 34.7 Å². The zero-order valence-corrected chi connectivity index (χ0v) is 26.8. The number of hydrazone groups is 1. The Bertz CT molecular complexity index is 1620. The highest BCUT2D eigenvalue weighted by molar-refractivity contribution is 6.36. The summed E-state index contributed by atoms with van der Waals surface area (Å²) >= 11 is 18.6. The lowest BCUT2D eigenvalue weighted by Gasteiger charge is -2.28. The predicted octanol–water partition coefficient (Wildman–Crippen LogP) is 5.75. The first-order valence-electron chi connectivity index (χ1n) is 13.7. The van der Waals surface area contributed by atoms with Crippen LogP contribution >= 0.6 is 34.8 Å². The van der Waals surface area contributed by atoms with E-state index in [1.54, 1.807) is 56.3 Å². The van der Waals surface area contributed by atoms with Gasteiger partial charge in [0.2, 0.25) is 0 Å². The summed E-state index contributed by atoms with van der Waals surface area (Å²) in [5.41, 5.74) is 5.11. The van der Waals surface area contributed by atoms with E-state index in [0.717, 1.165) is 5.56 Å². The lowest BCUT2D eigenvalue weighted by atomic mass is 9.95. The van der Waals surface area contributed by atoms with Crippen LogP contribution in [0, 0.1) is 0 Å². The van der Waals surface area contributed by atoms with Crippen molar-refractivity contribution in [3.05, 3.63) is 97.6 Å². The molecule has 0 spiro atoms. The predicted molar refractivity (Wildman–Crippen MR) is 171 cm³/mol. The Morgan fingerprint density at radius 2 is 1.87 bits per heavy atom. The number of allylic oxidation sites excluding steroid dienone is 1. The van der Waals surface area contributed by atoms with Gasteiger partial charge in [0.1, 0.15) is 19.0 Å². The van der Waals surface area contributed by atoms with E-state index < -0.39 is 24.3 Å². The number of amides is 2. The summed E-state index contributed by atoms with van der Waals surface area (Å²) in [5.74, 6) is 0.432. The summed E-state index contributed by atoms with van der Waals surface area (Å²) in [6.07, 6.45) is 0.192. The number of ether oxygens (including phenoxy) is 4. The number of esters is 1. The molecule has 0 saturated heterocycles. The van der Waals surface area contributed by atoms with E-state index in [1.807, 2.05) is 12.1 Å². The molecule has 11 nitrogen and oxygen atoms in total. The lowest BCUT2D eigenvalue weighted by molar-refractivity contribution is -0.136. The molecule has 14 heteroatoms. The summed E-state index contributed by atoms with van der Waals surface area (Å²) in [6.45, 7) is 3.73. The number of aliphatic hydroxyl groups is 1. The Labute approximate surface area is 275 Å². The van der Waals surface area contributed by atoms with Crippen molar-refractivity contribution in [2.24, 2.45) is 5.10 Å². The fourth-order valence-corrected chi connectivity index (χ4v) is 5.20. The number of nitrogens with one attached hydrogen (secondary N) is 3. The Morgan fingerprint density at radius 3 is 2.60 bits per heavy atom. The van der Waals surface area contributed by atoms with Crippen LogP contribution in [-0.2, 0) is 16.1 Å². The number of aliphatic hydroxyl groups excluding tert-OH is 1. The fourth-order valence-electron chi connectivity index (χ4n) is 4.43. The molecule has 0 bridgehead atoms. The molecule has 0 saturated carbocycles. The van der Waals surface area contributed by atoms with Crippen molar-refractivity contribution in [3.63, 3.8) is 0 Å². The molecule has 0 aromatic heterocycles. The maximum atomic E-state index is 12.5. The van der Waals surface area contributed by atoms with Gasteiger partial charge in [-0.3, -0.25) is 5.43 Å². The molecular formula is C31H31Cl3N4O7. The number of nitrogens with zero attached hydrogens (tertiary/aromatic N) is 1. The molecule has 2 atom stereocenters. The number of carbonyl (C=O) groups is 2. The Hall–Kier alpha value is -4.16. The van der Waals surface area contributed by atoms with Gasteiger partial charge in [0.05, 0.1) is 36.6 Å². The lowest BCUT2D eigenvalue weighted by Crippen LogP contribution is -2.45. The van der Waals surface area contributed by atoms with Crippen LogP contribution in [0.25, 0.3) is 0 Å². The quantitative estimate of drug-likeness (QED) is 0.0777.